The van der Waals surface area contributed by atoms with Crippen LogP contribution in [-0.4, -0.2) is 0 Å². The Kier molecular flexibility index (Phi) is 3.11. The van der Waals surface area contributed by atoms with Crippen molar-refractivity contribution in [1.29, 1.82) is 0 Å². The summed E-state index contributed by atoms with van der Waals surface area (Å²) in [7, 11) is 0. The van der Waals surface area contributed by atoms with Gasteiger partial charge in [-0.2, -0.15) is 0 Å². The van der Waals surface area contributed by atoms with Gasteiger partial charge in [-0.05, 0) is 35.4 Å². The van der Waals surface area contributed by atoms with E-state index in [4.69, 9.17) is 17.3 Å². The van der Waals surface area contributed by atoms with Gasteiger partial charge in [0.15, 0.2) is 0 Å². The van der Waals surface area contributed by atoms with Crippen molar-refractivity contribution in [3.8, 4) is 0 Å². The summed E-state index contributed by atoms with van der Waals surface area (Å²) in [6.45, 7) is 0. The molecule has 0 aromatic heterocycles. The van der Waals surface area contributed by atoms with E-state index in [2.05, 4.69) is 0 Å². The van der Waals surface area contributed by atoms with Gasteiger partial charge in [0.2, 0.25) is 0 Å². The molecule has 0 heterocycles. The summed E-state index contributed by atoms with van der Waals surface area (Å²) in [6.07, 6.45) is 0.457. The molecule has 0 atom stereocenters. The lowest BCUT2D eigenvalue weighted by atomic mass is 10.0. The van der Waals surface area contributed by atoms with E-state index in [1.165, 1.54) is 6.07 Å². The smallest absolute Gasteiger partial charge is 0.126 e. The van der Waals surface area contributed by atoms with Crippen LogP contribution < -0.4 is 5.73 Å². The second-order valence-electron chi connectivity index (χ2n) is 3.61. The highest BCUT2D eigenvalue weighted by Crippen LogP contribution is 2.22. The van der Waals surface area contributed by atoms with Crippen molar-refractivity contribution >= 4 is 17.3 Å². The largest absolute Gasteiger partial charge is 0.398 e. The molecule has 3 heteroatoms. The summed E-state index contributed by atoms with van der Waals surface area (Å²) >= 11 is 5.87. The van der Waals surface area contributed by atoms with Gasteiger partial charge in [-0.15, -0.1) is 0 Å². The fraction of sp³-hybridized carbons (Fsp3) is 0.0769. The third-order valence-electron chi connectivity index (χ3n) is 2.44. The Hall–Kier alpha value is -1.54. The number of hydrogen-bond donors (Lipinski definition) is 1. The van der Waals surface area contributed by atoms with Crippen LogP contribution in [0.2, 0.25) is 5.02 Å². The molecule has 0 saturated heterocycles. The van der Waals surface area contributed by atoms with Crippen molar-refractivity contribution in [2.24, 2.45) is 0 Å². The summed E-state index contributed by atoms with van der Waals surface area (Å²) in [5, 5.41) is 0.612. The molecule has 1 nitrogen and oxygen atoms in total. The normalized spacial score (nSPS) is 10.4. The van der Waals surface area contributed by atoms with Gasteiger partial charge in [-0.3, -0.25) is 0 Å². The summed E-state index contributed by atoms with van der Waals surface area (Å²) in [6, 6.07) is 11.9. The van der Waals surface area contributed by atoms with Crippen molar-refractivity contribution in [2.45, 2.75) is 6.42 Å². The van der Waals surface area contributed by atoms with Crippen molar-refractivity contribution in [1.82, 2.24) is 0 Å². The van der Waals surface area contributed by atoms with E-state index in [1.54, 1.807) is 36.4 Å². The Morgan fingerprint density at radius 2 is 1.81 bits per heavy atom. The Labute approximate surface area is 98.7 Å². The molecule has 2 rings (SSSR count). The topological polar surface area (TPSA) is 26.0 Å². The SMILES string of the molecule is Nc1ccc(Cl)cc1Cc1ccccc1F. The highest BCUT2D eigenvalue weighted by molar-refractivity contribution is 6.30. The second-order valence-corrected chi connectivity index (χ2v) is 4.05. The zero-order valence-corrected chi connectivity index (χ0v) is 9.34. The van der Waals surface area contributed by atoms with Crippen LogP contribution in [0.4, 0.5) is 10.1 Å². The number of anilines is 1. The van der Waals surface area contributed by atoms with Crippen LogP contribution in [-0.2, 0) is 6.42 Å². The molecular formula is C13H11ClFN. The van der Waals surface area contributed by atoms with Crippen molar-refractivity contribution in [3.63, 3.8) is 0 Å². The van der Waals surface area contributed by atoms with E-state index in [-0.39, 0.29) is 5.82 Å². The van der Waals surface area contributed by atoms with E-state index in [0.29, 0.717) is 22.7 Å². The first kappa shape index (κ1) is 11.0. The maximum atomic E-state index is 13.4. The van der Waals surface area contributed by atoms with E-state index in [1.807, 2.05) is 0 Å². The number of benzene rings is 2. The Bertz CT molecular complexity index is 511. The lowest BCUT2D eigenvalue weighted by Gasteiger charge is -2.07. The summed E-state index contributed by atoms with van der Waals surface area (Å²) in [5.74, 6) is -0.220. The monoisotopic (exact) mass is 235 g/mol. The summed E-state index contributed by atoms with van der Waals surface area (Å²) in [5.41, 5.74) is 7.91. The van der Waals surface area contributed by atoms with Crippen LogP contribution in [0.1, 0.15) is 11.1 Å². The Morgan fingerprint density at radius 3 is 2.56 bits per heavy atom. The van der Waals surface area contributed by atoms with Gasteiger partial charge in [0.25, 0.3) is 0 Å². The third-order valence-corrected chi connectivity index (χ3v) is 2.68. The number of nitrogen functional groups attached to an aromatic ring is 1. The third kappa shape index (κ3) is 2.34. The highest BCUT2D eigenvalue weighted by atomic mass is 35.5. The lowest BCUT2D eigenvalue weighted by Crippen LogP contribution is -1.97. The quantitative estimate of drug-likeness (QED) is 0.790. The van der Waals surface area contributed by atoms with E-state index >= 15 is 0 Å². The molecule has 0 fully saturated rings. The van der Waals surface area contributed by atoms with Gasteiger partial charge in [0.05, 0.1) is 0 Å². The molecule has 0 amide bonds. The molecule has 16 heavy (non-hydrogen) atoms. The first-order chi connectivity index (χ1) is 7.66. The molecule has 82 valence electrons. The molecule has 0 saturated carbocycles. The highest BCUT2D eigenvalue weighted by Gasteiger charge is 2.05. The van der Waals surface area contributed by atoms with Crippen molar-refractivity contribution < 1.29 is 4.39 Å². The zero-order valence-electron chi connectivity index (χ0n) is 8.58. The minimum Gasteiger partial charge on any atom is -0.398 e. The fourth-order valence-electron chi connectivity index (χ4n) is 1.57. The van der Waals surface area contributed by atoms with E-state index in [0.717, 1.165) is 5.56 Å². The maximum Gasteiger partial charge on any atom is 0.126 e. The van der Waals surface area contributed by atoms with E-state index in [9.17, 15) is 4.39 Å². The van der Waals surface area contributed by atoms with Crippen LogP contribution in [0.25, 0.3) is 0 Å². The minimum absolute atomic E-state index is 0.220. The second kappa shape index (κ2) is 4.54. The molecule has 0 spiro atoms. The van der Waals surface area contributed by atoms with Gasteiger partial charge in [-0.25, -0.2) is 4.39 Å². The molecule has 2 aromatic carbocycles. The van der Waals surface area contributed by atoms with Crippen LogP contribution in [0, 0.1) is 5.82 Å². The molecular weight excluding hydrogens is 225 g/mol. The summed E-state index contributed by atoms with van der Waals surface area (Å²) in [4.78, 5) is 0. The van der Waals surface area contributed by atoms with Crippen molar-refractivity contribution in [3.05, 3.63) is 64.4 Å². The van der Waals surface area contributed by atoms with Crippen molar-refractivity contribution in [2.75, 3.05) is 5.73 Å². The fourth-order valence-corrected chi connectivity index (χ4v) is 1.77. The molecule has 0 radical (unpaired) electrons. The number of halogens is 2. The van der Waals surface area contributed by atoms with Crippen LogP contribution in [0.3, 0.4) is 0 Å². The molecule has 0 aliphatic heterocycles. The average Bonchev–Trinajstić information content (AvgIpc) is 2.27. The molecule has 0 aliphatic rings. The predicted molar refractivity (Wildman–Crippen MR) is 65.1 cm³/mol. The van der Waals surface area contributed by atoms with Gasteiger partial charge in [-0.1, -0.05) is 29.8 Å². The number of hydrogen-bond acceptors (Lipinski definition) is 1. The molecule has 0 bridgehead atoms. The van der Waals surface area contributed by atoms with Crippen LogP contribution in [0.5, 0.6) is 0 Å². The van der Waals surface area contributed by atoms with E-state index < -0.39 is 0 Å². The number of rotatable bonds is 2. The molecule has 0 unspecified atom stereocenters. The first-order valence-electron chi connectivity index (χ1n) is 4.94. The van der Waals surface area contributed by atoms with Crippen LogP contribution in [0.15, 0.2) is 42.5 Å². The molecule has 2 N–H and O–H groups in total. The molecule has 0 aliphatic carbocycles. The minimum atomic E-state index is -0.220. The first-order valence-corrected chi connectivity index (χ1v) is 5.32. The van der Waals surface area contributed by atoms with Gasteiger partial charge in [0.1, 0.15) is 5.82 Å². The Balaban J connectivity index is 2.34. The van der Waals surface area contributed by atoms with Gasteiger partial charge >= 0.3 is 0 Å². The summed E-state index contributed by atoms with van der Waals surface area (Å²) < 4.78 is 13.4. The van der Waals surface area contributed by atoms with Gasteiger partial charge < -0.3 is 5.73 Å². The standard InChI is InChI=1S/C13H11ClFN/c14-11-5-6-13(16)10(8-11)7-9-3-1-2-4-12(9)15/h1-6,8H,7,16H2. The average molecular weight is 236 g/mol. The maximum absolute atomic E-state index is 13.4. The zero-order chi connectivity index (χ0) is 11.5. The predicted octanol–water partition coefficient (Wildman–Crippen LogP) is 3.65. The van der Waals surface area contributed by atoms with Gasteiger partial charge in [0, 0.05) is 17.1 Å². The van der Waals surface area contributed by atoms with Crippen LogP contribution >= 0.6 is 11.6 Å². The molecule has 2 aromatic rings. The Morgan fingerprint density at radius 1 is 1.06 bits per heavy atom. The number of nitrogens with two attached hydrogens (primary N) is 1. The lowest BCUT2D eigenvalue weighted by molar-refractivity contribution is 0.614.